The van der Waals surface area contributed by atoms with Crippen LogP contribution in [0, 0.1) is 6.92 Å². The van der Waals surface area contributed by atoms with Crippen LogP contribution >= 0.6 is 35.0 Å². The van der Waals surface area contributed by atoms with Crippen molar-refractivity contribution in [2.24, 2.45) is 0 Å². The topological polar surface area (TPSA) is 58.3 Å². The normalized spacial score (nSPS) is 11.8. The molecule has 0 saturated carbocycles. The van der Waals surface area contributed by atoms with Crippen molar-refractivity contribution in [2.45, 2.75) is 37.9 Å². The van der Waals surface area contributed by atoms with Gasteiger partial charge in [-0.2, -0.15) is 0 Å². The Morgan fingerprint density at radius 1 is 1.00 bits per heavy atom. The van der Waals surface area contributed by atoms with Crippen LogP contribution in [-0.4, -0.2) is 26.0 Å². The number of hydrogen-bond donors (Lipinski definition) is 2. The van der Waals surface area contributed by atoms with Crippen molar-refractivity contribution >= 4 is 35.0 Å². The van der Waals surface area contributed by atoms with Gasteiger partial charge in [0.25, 0.3) is 0 Å². The molecule has 0 aliphatic rings. The first kappa shape index (κ1) is 24.8. The zero-order valence-corrected chi connectivity index (χ0v) is 21.8. The fourth-order valence-electron chi connectivity index (χ4n) is 3.89. The molecule has 0 fully saturated rings. The number of aromatic nitrogens is 2. The van der Waals surface area contributed by atoms with E-state index in [-0.39, 0.29) is 6.61 Å². The number of rotatable bonds is 6. The lowest BCUT2D eigenvalue weighted by molar-refractivity contribution is 0.0743. The van der Waals surface area contributed by atoms with Crippen LogP contribution in [0.5, 0.6) is 0 Å². The van der Waals surface area contributed by atoms with Crippen molar-refractivity contribution in [2.75, 3.05) is 6.26 Å². The SMILES string of the molecule is CSc1cc(-c2ccc(-n3cc(C(C)(C)O)nc3-c3c(C)cccc3Cl)c(Cl)c2)ccc1CO. The number of hydrogen-bond acceptors (Lipinski definition) is 4. The maximum Gasteiger partial charge on any atom is 0.146 e. The predicted octanol–water partition coefficient (Wildman–Crippen LogP) is 7.26. The first-order valence-corrected chi connectivity index (χ1v) is 12.8. The molecule has 34 heavy (non-hydrogen) atoms. The summed E-state index contributed by atoms with van der Waals surface area (Å²) in [7, 11) is 0. The molecule has 4 aromatic rings. The van der Waals surface area contributed by atoms with Gasteiger partial charge in [-0.15, -0.1) is 11.8 Å². The van der Waals surface area contributed by atoms with Gasteiger partial charge in [-0.25, -0.2) is 4.98 Å². The minimum absolute atomic E-state index is 0.00452. The van der Waals surface area contributed by atoms with E-state index in [4.69, 9.17) is 28.2 Å². The second-order valence-electron chi connectivity index (χ2n) is 8.66. The molecule has 2 N–H and O–H groups in total. The summed E-state index contributed by atoms with van der Waals surface area (Å²) in [5.41, 5.74) is 4.77. The smallest absolute Gasteiger partial charge is 0.146 e. The largest absolute Gasteiger partial charge is 0.392 e. The number of benzene rings is 3. The van der Waals surface area contributed by atoms with Gasteiger partial charge in [0.15, 0.2) is 0 Å². The Labute approximate surface area is 214 Å². The molecule has 0 bridgehead atoms. The van der Waals surface area contributed by atoms with Gasteiger partial charge in [0.1, 0.15) is 11.4 Å². The molecule has 0 amide bonds. The summed E-state index contributed by atoms with van der Waals surface area (Å²) >= 11 is 15.0. The van der Waals surface area contributed by atoms with Gasteiger partial charge < -0.3 is 10.2 Å². The fraction of sp³-hybridized carbons (Fsp3) is 0.222. The van der Waals surface area contributed by atoms with E-state index in [2.05, 4.69) is 6.07 Å². The van der Waals surface area contributed by atoms with E-state index in [1.807, 2.05) is 66.3 Å². The quantitative estimate of drug-likeness (QED) is 0.267. The van der Waals surface area contributed by atoms with Gasteiger partial charge in [-0.3, -0.25) is 4.57 Å². The summed E-state index contributed by atoms with van der Waals surface area (Å²) in [5, 5.41) is 21.3. The van der Waals surface area contributed by atoms with Crippen LogP contribution < -0.4 is 0 Å². The minimum Gasteiger partial charge on any atom is -0.392 e. The van der Waals surface area contributed by atoms with Crippen LogP contribution in [-0.2, 0) is 12.2 Å². The van der Waals surface area contributed by atoms with Gasteiger partial charge in [0.2, 0.25) is 0 Å². The number of thioether (sulfide) groups is 1. The zero-order valence-electron chi connectivity index (χ0n) is 19.4. The summed E-state index contributed by atoms with van der Waals surface area (Å²) in [5.74, 6) is 0.617. The number of nitrogens with zero attached hydrogens (tertiary/aromatic N) is 2. The molecule has 176 valence electrons. The monoisotopic (exact) mass is 512 g/mol. The Morgan fingerprint density at radius 3 is 2.32 bits per heavy atom. The lowest BCUT2D eigenvalue weighted by Crippen LogP contribution is -2.15. The van der Waals surface area contributed by atoms with Crippen molar-refractivity contribution in [3.8, 4) is 28.2 Å². The molecule has 0 aliphatic heterocycles. The molecule has 0 saturated heterocycles. The standard InChI is InChI=1S/C27H26Cl2N2O2S/c1-16-6-5-7-20(28)25(16)26-30-24(27(2,3)33)14-31(26)22-11-10-17(12-21(22)29)18-8-9-19(15-32)23(13-18)34-4/h5-14,32-33H,15H2,1-4H3. The molecule has 1 heterocycles. The molecular weight excluding hydrogens is 487 g/mol. The van der Waals surface area contributed by atoms with E-state index in [1.54, 1.807) is 31.8 Å². The van der Waals surface area contributed by atoms with Gasteiger partial charge in [0.05, 0.1) is 28.0 Å². The number of aliphatic hydroxyl groups is 2. The van der Waals surface area contributed by atoms with Gasteiger partial charge in [-0.1, -0.05) is 53.5 Å². The second-order valence-corrected chi connectivity index (χ2v) is 10.3. The van der Waals surface area contributed by atoms with Gasteiger partial charge in [-0.05, 0) is 73.5 Å². The van der Waals surface area contributed by atoms with Crippen molar-refractivity contribution in [3.05, 3.63) is 87.7 Å². The average molecular weight is 513 g/mol. The van der Waals surface area contributed by atoms with E-state index in [1.165, 1.54) is 0 Å². The maximum absolute atomic E-state index is 10.7. The van der Waals surface area contributed by atoms with E-state index in [0.717, 1.165) is 38.4 Å². The highest BCUT2D eigenvalue weighted by molar-refractivity contribution is 7.98. The number of aryl methyl sites for hydroxylation is 1. The highest BCUT2D eigenvalue weighted by Crippen LogP contribution is 2.37. The third-order valence-electron chi connectivity index (χ3n) is 5.78. The fourth-order valence-corrected chi connectivity index (χ4v) is 5.10. The van der Waals surface area contributed by atoms with Crippen LogP contribution in [0.15, 0.2) is 65.7 Å². The molecule has 0 atom stereocenters. The van der Waals surface area contributed by atoms with E-state index >= 15 is 0 Å². The second kappa shape index (κ2) is 9.76. The average Bonchev–Trinajstić information content (AvgIpc) is 3.23. The molecule has 0 aliphatic carbocycles. The summed E-state index contributed by atoms with van der Waals surface area (Å²) in [4.78, 5) is 5.79. The summed E-state index contributed by atoms with van der Waals surface area (Å²) in [6, 6.07) is 17.6. The summed E-state index contributed by atoms with van der Waals surface area (Å²) < 4.78 is 1.88. The van der Waals surface area contributed by atoms with Crippen molar-refractivity contribution in [1.82, 2.24) is 9.55 Å². The first-order valence-electron chi connectivity index (χ1n) is 10.8. The Hall–Kier alpha value is -2.28. The summed E-state index contributed by atoms with van der Waals surface area (Å²) in [6.45, 7) is 5.39. The Kier molecular flexibility index (Phi) is 7.13. The lowest BCUT2D eigenvalue weighted by Gasteiger charge is -2.14. The number of aliphatic hydroxyl groups excluding tert-OH is 1. The third kappa shape index (κ3) is 4.77. The highest BCUT2D eigenvalue weighted by atomic mass is 35.5. The molecule has 0 radical (unpaired) electrons. The molecule has 7 heteroatoms. The maximum atomic E-state index is 10.7. The van der Waals surface area contributed by atoms with Gasteiger partial charge in [0, 0.05) is 16.7 Å². The lowest BCUT2D eigenvalue weighted by atomic mass is 10.0. The predicted molar refractivity (Wildman–Crippen MR) is 142 cm³/mol. The zero-order chi connectivity index (χ0) is 24.6. The van der Waals surface area contributed by atoms with Crippen molar-refractivity contribution in [3.63, 3.8) is 0 Å². The van der Waals surface area contributed by atoms with Crippen molar-refractivity contribution < 1.29 is 10.2 Å². The van der Waals surface area contributed by atoms with E-state index in [9.17, 15) is 10.2 Å². The third-order valence-corrected chi connectivity index (χ3v) is 7.21. The van der Waals surface area contributed by atoms with Crippen LogP contribution in [0.25, 0.3) is 28.2 Å². The molecule has 3 aromatic carbocycles. The Morgan fingerprint density at radius 2 is 1.71 bits per heavy atom. The molecule has 4 rings (SSSR count). The summed E-state index contributed by atoms with van der Waals surface area (Å²) in [6.07, 6.45) is 3.80. The minimum atomic E-state index is -1.13. The van der Waals surface area contributed by atoms with E-state index in [0.29, 0.717) is 21.6 Å². The molecule has 4 nitrogen and oxygen atoms in total. The number of halogens is 2. The van der Waals surface area contributed by atoms with Crippen LogP contribution in [0.3, 0.4) is 0 Å². The van der Waals surface area contributed by atoms with Crippen molar-refractivity contribution in [1.29, 1.82) is 0 Å². The van der Waals surface area contributed by atoms with Crippen LogP contribution in [0.2, 0.25) is 10.0 Å². The van der Waals surface area contributed by atoms with Crippen LogP contribution in [0.1, 0.15) is 30.7 Å². The molecule has 1 aromatic heterocycles. The molecular formula is C27H26Cl2N2O2S. The first-order chi connectivity index (χ1) is 16.1. The molecule has 0 unspecified atom stereocenters. The Bertz CT molecular complexity index is 1340. The van der Waals surface area contributed by atoms with E-state index < -0.39 is 5.60 Å². The molecule has 0 spiro atoms. The number of imidazole rings is 1. The Balaban J connectivity index is 1.86. The van der Waals surface area contributed by atoms with Gasteiger partial charge >= 0.3 is 0 Å². The van der Waals surface area contributed by atoms with Crippen LogP contribution in [0.4, 0.5) is 0 Å². The highest BCUT2D eigenvalue weighted by Gasteiger charge is 2.25.